The van der Waals surface area contributed by atoms with E-state index in [1.807, 2.05) is 53.3 Å². The van der Waals surface area contributed by atoms with Gasteiger partial charge in [-0.25, -0.2) is 0 Å². The number of para-hydroxylation sites is 1. The number of amides is 1. The van der Waals surface area contributed by atoms with Gasteiger partial charge in [0.25, 0.3) is 5.91 Å². The highest BCUT2D eigenvalue weighted by Crippen LogP contribution is 2.22. The Morgan fingerprint density at radius 2 is 1.78 bits per heavy atom. The molecule has 0 aliphatic carbocycles. The molecule has 1 aliphatic rings. The minimum Gasteiger partial charge on any atom is -0.378 e. The van der Waals surface area contributed by atoms with Crippen molar-refractivity contribution < 1.29 is 9.53 Å². The van der Waals surface area contributed by atoms with Gasteiger partial charge in [-0.05, 0) is 17.7 Å². The highest BCUT2D eigenvalue weighted by atomic mass is 16.5. The second kappa shape index (κ2) is 8.05. The minimum absolute atomic E-state index is 0.128. The molecule has 3 aromatic rings. The fraction of sp³-hybridized carbons (Fsp3) is 0.238. The van der Waals surface area contributed by atoms with Crippen molar-refractivity contribution in [2.45, 2.75) is 6.54 Å². The van der Waals surface area contributed by atoms with E-state index in [1.54, 1.807) is 6.20 Å². The van der Waals surface area contributed by atoms with Crippen LogP contribution in [-0.4, -0.2) is 42.0 Å². The molecule has 1 N–H and O–H groups in total. The lowest BCUT2D eigenvalue weighted by Gasteiger charge is -2.30. The molecule has 0 unspecified atom stereocenters. The summed E-state index contributed by atoms with van der Waals surface area (Å²) in [5.74, 6) is -0.128. The third kappa shape index (κ3) is 4.17. The lowest BCUT2D eigenvalue weighted by Crippen LogP contribution is -2.37. The van der Waals surface area contributed by atoms with Crippen LogP contribution in [0.4, 0.5) is 11.4 Å². The Morgan fingerprint density at radius 1 is 1.04 bits per heavy atom. The van der Waals surface area contributed by atoms with E-state index in [1.165, 1.54) is 0 Å². The molecule has 0 spiro atoms. The number of carbonyl (C=O) groups is 1. The SMILES string of the molecule is O=C(Nc1cnn(Cc2ccccc2)c1)c1ccccc1N1CCOCC1. The lowest BCUT2D eigenvalue weighted by molar-refractivity contribution is 0.102. The van der Waals surface area contributed by atoms with E-state index >= 15 is 0 Å². The predicted molar refractivity (Wildman–Crippen MR) is 105 cm³/mol. The van der Waals surface area contributed by atoms with Crippen molar-refractivity contribution in [2.75, 3.05) is 36.5 Å². The van der Waals surface area contributed by atoms with Crippen LogP contribution in [0.5, 0.6) is 0 Å². The highest BCUT2D eigenvalue weighted by molar-refractivity contribution is 6.08. The monoisotopic (exact) mass is 362 g/mol. The molecular weight excluding hydrogens is 340 g/mol. The summed E-state index contributed by atoms with van der Waals surface area (Å²) >= 11 is 0. The van der Waals surface area contributed by atoms with Crippen LogP contribution in [0.3, 0.4) is 0 Å². The van der Waals surface area contributed by atoms with Crippen LogP contribution in [0.2, 0.25) is 0 Å². The summed E-state index contributed by atoms with van der Waals surface area (Å²) in [6.45, 7) is 3.62. The van der Waals surface area contributed by atoms with E-state index in [2.05, 4.69) is 27.4 Å². The van der Waals surface area contributed by atoms with Crippen molar-refractivity contribution >= 4 is 17.3 Å². The maximum absolute atomic E-state index is 12.8. The van der Waals surface area contributed by atoms with Gasteiger partial charge in [0.15, 0.2) is 0 Å². The molecule has 6 nitrogen and oxygen atoms in total. The average Bonchev–Trinajstić information content (AvgIpc) is 3.16. The number of ether oxygens (including phenoxy) is 1. The van der Waals surface area contributed by atoms with Crippen molar-refractivity contribution in [3.63, 3.8) is 0 Å². The summed E-state index contributed by atoms with van der Waals surface area (Å²) in [5, 5.41) is 7.31. The zero-order chi connectivity index (χ0) is 18.5. The van der Waals surface area contributed by atoms with Crippen molar-refractivity contribution in [3.05, 3.63) is 78.1 Å². The van der Waals surface area contributed by atoms with Gasteiger partial charge in [-0.2, -0.15) is 5.10 Å². The number of benzene rings is 2. The van der Waals surface area contributed by atoms with Crippen molar-refractivity contribution in [2.24, 2.45) is 0 Å². The Labute approximate surface area is 158 Å². The first-order valence-corrected chi connectivity index (χ1v) is 9.09. The van der Waals surface area contributed by atoms with Crippen LogP contribution < -0.4 is 10.2 Å². The number of nitrogens with zero attached hydrogens (tertiary/aromatic N) is 3. The van der Waals surface area contributed by atoms with E-state index < -0.39 is 0 Å². The molecule has 0 saturated carbocycles. The molecule has 1 fully saturated rings. The highest BCUT2D eigenvalue weighted by Gasteiger charge is 2.18. The Bertz CT molecular complexity index is 901. The van der Waals surface area contributed by atoms with Crippen LogP contribution in [0.1, 0.15) is 15.9 Å². The Hall–Kier alpha value is -3.12. The van der Waals surface area contributed by atoms with Gasteiger partial charge in [0.1, 0.15) is 0 Å². The second-order valence-electron chi connectivity index (χ2n) is 6.48. The second-order valence-corrected chi connectivity index (χ2v) is 6.48. The number of hydrogen-bond acceptors (Lipinski definition) is 4. The topological polar surface area (TPSA) is 59.4 Å². The lowest BCUT2D eigenvalue weighted by atomic mass is 10.1. The molecule has 138 valence electrons. The number of aromatic nitrogens is 2. The molecule has 0 radical (unpaired) electrons. The zero-order valence-corrected chi connectivity index (χ0v) is 15.0. The Balaban J connectivity index is 1.47. The number of morpholine rings is 1. The van der Waals surface area contributed by atoms with E-state index in [0.29, 0.717) is 31.0 Å². The molecule has 1 aromatic heterocycles. The number of rotatable bonds is 5. The van der Waals surface area contributed by atoms with Gasteiger partial charge in [-0.3, -0.25) is 9.48 Å². The first-order chi connectivity index (χ1) is 13.3. The largest absolute Gasteiger partial charge is 0.378 e. The van der Waals surface area contributed by atoms with Gasteiger partial charge in [0.05, 0.1) is 37.2 Å². The maximum Gasteiger partial charge on any atom is 0.257 e. The van der Waals surface area contributed by atoms with Crippen LogP contribution in [0, 0.1) is 0 Å². The molecule has 1 saturated heterocycles. The molecule has 2 heterocycles. The van der Waals surface area contributed by atoms with Gasteiger partial charge in [0, 0.05) is 25.0 Å². The van der Waals surface area contributed by atoms with Crippen LogP contribution in [-0.2, 0) is 11.3 Å². The van der Waals surface area contributed by atoms with Crippen LogP contribution in [0.15, 0.2) is 67.0 Å². The average molecular weight is 362 g/mol. The number of anilines is 2. The minimum atomic E-state index is -0.128. The van der Waals surface area contributed by atoms with Crippen molar-refractivity contribution in [1.82, 2.24) is 9.78 Å². The molecule has 6 heteroatoms. The molecule has 1 aliphatic heterocycles. The van der Waals surface area contributed by atoms with E-state index in [4.69, 9.17) is 4.74 Å². The molecule has 4 rings (SSSR count). The first kappa shape index (κ1) is 17.3. The van der Waals surface area contributed by atoms with Crippen molar-refractivity contribution in [3.8, 4) is 0 Å². The molecule has 27 heavy (non-hydrogen) atoms. The summed E-state index contributed by atoms with van der Waals surface area (Å²) < 4.78 is 7.23. The summed E-state index contributed by atoms with van der Waals surface area (Å²) in [6.07, 6.45) is 3.53. The fourth-order valence-electron chi connectivity index (χ4n) is 3.23. The predicted octanol–water partition coefficient (Wildman–Crippen LogP) is 3.02. The van der Waals surface area contributed by atoms with E-state index in [-0.39, 0.29) is 5.91 Å². The third-order valence-corrected chi connectivity index (χ3v) is 4.58. The smallest absolute Gasteiger partial charge is 0.257 e. The standard InChI is InChI=1S/C21H22N4O2/c26-21(19-8-4-5-9-20(19)24-10-12-27-13-11-24)23-18-14-22-25(16-18)15-17-6-2-1-3-7-17/h1-9,14,16H,10-13,15H2,(H,23,26). The summed E-state index contributed by atoms with van der Waals surface area (Å²) in [5.41, 5.74) is 3.45. The number of hydrogen-bond donors (Lipinski definition) is 1. The Kier molecular flexibility index (Phi) is 5.16. The van der Waals surface area contributed by atoms with E-state index in [9.17, 15) is 4.79 Å². The normalized spacial score (nSPS) is 14.1. The van der Waals surface area contributed by atoms with Crippen LogP contribution >= 0.6 is 0 Å². The van der Waals surface area contributed by atoms with Gasteiger partial charge in [0.2, 0.25) is 0 Å². The van der Waals surface area contributed by atoms with Gasteiger partial charge >= 0.3 is 0 Å². The molecule has 0 bridgehead atoms. The number of carbonyl (C=O) groups excluding carboxylic acids is 1. The van der Waals surface area contributed by atoms with E-state index in [0.717, 1.165) is 24.3 Å². The molecular formula is C21H22N4O2. The fourth-order valence-corrected chi connectivity index (χ4v) is 3.23. The van der Waals surface area contributed by atoms with Gasteiger partial charge in [-0.1, -0.05) is 42.5 Å². The maximum atomic E-state index is 12.8. The number of nitrogens with one attached hydrogen (secondary N) is 1. The molecule has 2 aromatic carbocycles. The van der Waals surface area contributed by atoms with Gasteiger partial charge in [-0.15, -0.1) is 0 Å². The first-order valence-electron chi connectivity index (χ1n) is 9.09. The summed E-state index contributed by atoms with van der Waals surface area (Å²) in [6, 6.07) is 17.8. The van der Waals surface area contributed by atoms with Crippen molar-refractivity contribution in [1.29, 1.82) is 0 Å². The Morgan fingerprint density at radius 3 is 2.59 bits per heavy atom. The quantitative estimate of drug-likeness (QED) is 0.758. The molecule has 1 amide bonds. The summed E-state index contributed by atoms with van der Waals surface area (Å²) in [7, 11) is 0. The third-order valence-electron chi connectivity index (χ3n) is 4.58. The van der Waals surface area contributed by atoms with Gasteiger partial charge < -0.3 is 15.0 Å². The van der Waals surface area contributed by atoms with Crippen LogP contribution in [0.25, 0.3) is 0 Å². The molecule has 0 atom stereocenters. The zero-order valence-electron chi connectivity index (χ0n) is 15.0. The summed E-state index contributed by atoms with van der Waals surface area (Å²) in [4.78, 5) is 15.0.